The average molecular weight is 449 g/mol. The number of allylic oxidation sites excluding steroid dienone is 1. The number of amides is 1. The molecule has 162 valence electrons. The number of carbonyl (C=O) groups excluding carboxylic acids is 1. The molecule has 8 heteroatoms. The van der Waals surface area contributed by atoms with Crippen molar-refractivity contribution < 1.29 is 13.6 Å². The van der Waals surface area contributed by atoms with Crippen LogP contribution in [0.1, 0.15) is 21.5 Å². The minimum absolute atomic E-state index is 0.178. The molecule has 6 nitrogen and oxygen atoms in total. The van der Waals surface area contributed by atoms with Crippen molar-refractivity contribution in [3.8, 4) is 11.6 Å². The maximum Gasteiger partial charge on any atom is 0.251 e. The Hall–Kier alpha value is -3.65. The number of rotatable bonds is 9. The second-order valence-electron chi connectivity index (χ2n) is 6.98. The molecule has 0 fully saturated rings. The number of hydrogen-bond acceptors (Lipinski definition) is 5. The third-order valence-corrected chi connectivity index (χ3v) is 5.76. The Kier molecular flexibility index (Phi) is 6.81. The van der Waals surface area contributed by atoms with Crippen LogP contribution in [0.5, 0.6) is 0 Å². The van der Waals surface area contributed by atoms with Gasteiger partial charge in [0, 0.05) is 24.4 Å². The van der Waals surface area contributed by atoms with Crippen molar-refractivity contribution in [1.29, 1.82) is 0 Å². The van der Waals surface area contributed by atoms with Gasteiger partial charge in [-0.25, -0.2) is 4.39 Å². The molecular weight excluding hydrogens is 427 g/mol. The summed E-state index contributed by atoms with van der Waals surface area (Å²) in [5.74, 6) is 1.51. The molecule has 0 radical (unpaired) electrons. The number of nitrogens with zero attached hydrogens (tertiary/aromatic N) is 3. The Bertz CT molecular complexity index is 1190. The first-order valence-corrected chi connectivity index (χ1v) is 10.9. The summed E-state index contributed by atoms with van der Waals surface area (Å²) in [4.78, 5) is 12.4. The average Bonchev–Trinajstić information content (AvgIpc) is 3.48. The van der Waals surface area contributed by atoms with Crippen LogP contribution < -0.4 is 5.32 Å². The van der Waals surface area contributed by atoms with Gasteiger partial charge in [-0.3, -0.25) is 9.36 Å². The lowest BCUT2D eigenvalue weighted by Gasteiger charge is -2.08. The van der Waals surface area contributed by atoms with Crippen molar-refractivity contribution in [2.24, 2.45) is 0 Å². The number of benzene rings is 2. The number of aromatic nitrogens is 3. The second kappa shape index (κ2) is 10.1. The van der Waals surface area contributed by atoms with Gasteiger partial charge in [-0.15, -0.1) is 16.8 Å². The molecule has 32 heavy (non-hydrogen) atoms. The van der Waals surface area contributed by atoms with E-state index in [-0.39, 0.29) is 11.7 Å². The first kappa shape index (κ1) is 21.6. The molecule has 4 aromatic rings. The maximum atomic E-state index is 13.0. The predicted octanol–water partition coefficient (Wildman–Crippen LogP) is 5.09. The summed E-state index contributed by atoms with van der Waals surface area (Å²) in [7, 11) is 0. The van der Waals surface area contributed by atoms with Gasteiger partial charge in [-0.05, 0) is 47.5 Å². The van der Waals surface area contributed by atoms with E-state index >= 15 is 0 Å². The van der Waals surface area contributed by atoms with E-state index in [4.69, 9.17) is 4.42 Å². The Morgan fingerprint density at radius 2 is 1.84 bits per heavy atom. The summed E-state index contributed by atoms with van der Waals surface area (Å²) >= 11 is 1.55. The molecule has 0 aliphatic heterocycles. The van der Waals surface area contributed by atoms with Crippen molar-refractivity contribution in [3.05, 3.63) is 102 Å². The van der Waals surface area contributed by atoms with E-state index in [1.807, 2.05) is 28.8 Å². The zero-order valence-electron chi connectivity index (χ0n) is 17.2. The van der Waals surface area contributed by atoms with Crippen molar-refractivity contribution in [2.75, 3.05) is 0 Å². The van der Waals surface area contributed by atoms with Gasteiger partial charge in [-0.2, -0.15) is 0 Å². The number of halogens is 1. The van der Waals surface area contributed by atoms with Crippen LogP contribution in [0.3, 0.4) is 0 Å². The molecule has 1 N–H and O–H groups in total. The highest BCUT2D eigenvalue weighted by Gasteiger charge is 2.15. The smallest absolute Gasteiger partial charge is 0.251 e. The molecule has 0 bridgehead atoms. The summed E-state index contributed by atoms with van der Waals surface area (Å²) in [6.07, 6.45) is 3.39. The predicted molar refractivity (Wildman–Crippen MR) is 121 cm³/mol. The lowest BCUT2D eigenvalue weighted by Crippen LogP contribution is -2.22. The molecule has 0 unspecified atom stereocenters. The zero-order valence-corrected chi connectivity index (χ0v) is 18.0. The Balaban J connectivity index is 1.36. The molecule has 0 saturated carbocycles. The van der Waals surface area contributed by atoms with Crippen LogP contribution >= 0.6 is 11.8 Å². The molecule has 0 saturated heterocycles. The molecule has 0 spiro atoms. The number of nitrogens with one attached hydrogen (secondary N) is 1. The highest BCUT2D eigenvalue weighted by molar-refractivity contribution is 7.98. The Morgan fingerprint density at radius 1 is 1.09 bits per heavy atom. The van der Waals surface area contributed by atoms with Gasteiger partial charge in [0.05, 0.1) is 6.26 Å². The van der Waals surface area contributed by atoms with Gasteiger partial charge >= 0.3 is 0 Å². The summed E-state index contributed by atoms with van der Waals surface area (Å²) in [5, 5.41) is 12.1. The fraction of sp³-hybridized carbons (Fsp3) is 0.125. The van der Waals surface area contributed by atoms with Crippen molar-refractivity contribution in [2.45, 2.75) is 24.0 Å². The second-order valence-corrected chi connectivity index (χ2v) is 7.92. The van der Waals surface area contributed by atoms with E-state index in [9.17, 15) is 9.18 Å². The Labute approximate surface area is 189 Å². The summed E-state index contributed by atoms with van der Waals surface area (Å²) in [6, 6.07) is 17.1. The molecule has 1 amide bonds. The number of furan rings is 1. The summed E-state index contributed by atoms with van der Waals surface area (Å²) in [6.45, 7) is 4.72. The lowest BCUT2D eigenvalue weighted by atomic mass is 10.1. The molecule has 0 aliphatic carbocycles. The van der Waals surface area contributed by atoms with Crippen molar-refractivity contribution in [3.63, 3.8) is 0 Å². The van der Waals surface area contributed by atoms with Gasteiger partial charge in [0.2, 0.25) is 5.82 Å². The Morgan fingerprint density at radius 3 is 2.53 bits per heavy atom. The van der Waals surface area contributed by atoms with Crippen LogP contribution in [0.4, 0.5) is 4.39 Å². The van der Waals surface area contributed by atoms with Crippen LogP contribution in [0.15, 0.2) is 89.2 Å². The monoisotopic (exact) mass is 448 g/mol. The van der Waals surface area contributed by atoms with Crippen LogP contribution in [0.2, 0.25) is 0 Å². The van der Waals surface area contributed by atoms with Crippen molar-refractivity contribution >= 4 is 17.7 Å². The van der Waals surface area contributed by atoms with Crippen LogP contribution in [0.25, 0.3) is 11.6 Å². The first-order chi connectivity index (χ1) is 15.6. The highest BCUT2D eigenvalue weighted by Crippen LogP contribution is 2.26. The van der Waals surface area contributed by atoms with Gasteiger partial charge in [0.1, 0.15) is 5.82 Å². The first-order valence-electron chi connectivity index (χ1n) is 9.96. The lowest BCUT2D eigenvalue weighted by molar-refractivity contribution is 0.0951. The molecule has 2 heterocycles. The third-order valence-electron chi connectivity index (χ3n) is 4.72. The van der Waals surface area contributed by atoms with Crippen molar-refractivity contribution in [1.82, 2.24) is 20.1 Å². The summed E-state index contributed by atoms with van der Waals surface area (Å²) in [5.41, 5.74) is 2.46. The fourth-order valence-electron chi connectivity index (χ4n) is 3.06. The molecule has 2 aromatic heterocycles. The standard InChI is InChI=1S/C24H21FN4O2S/c1-2-13-29-22(21-4-3-14-31-21)27-28-24(29)32-16-18-5-9-19(10-6-18)23(30)26-15-17-7-11-20(25)12-8-17/h2-12,14H,1,13,15-16H2,(H,26,30). The van der Waals surface area contributed by atoms with Gasteiger partial charge in [0.15, 0.2) is 10.9 Å². The van der Waals surface area contributed by atoms with Gasteiger partial charge in [-0.1, -0.05) is 42.1 Å². The van der Waals surface area contributed by atoms with E-state index in [1.165, 1.54) is 12.1 Å². The van der Waals surface area contributed by atoms with E-state index < -0.39 is 0 Å². The molecule has 0 atom stereocenters. The highest BCUT2D eigenvalue weighted by atomic mass is 32.2. The largest absolute Gasteiger partial charge is 0.461 e. The normalized spacial score (nSPS) is 10.8. The number of thioether (sulfide) groups is 1. The molecule has 2 aromatic carbocycles. The SMILES string of the molecule is C=CCn1c(SCc2ccc(C(=O)NCc3ccc(F)cc3)cc2)nnc1-c1ccco1. The maximum absolute atomic E-state index is 13.0. The van der Waals surface area contributed by atoms with Crippen LogP contribution in [-0.4, -0.2) is 20.7 Å². The van der Waals surface area contributed by atoms with Gasteiger partial charge < -0.3 is 9.73 Å². The number of hydrogen-bond donors (Lipinski definition) is 1. The fourth-order valence-corrected chi connectivity index (χ4v) is 3.97. The van der Waals surface area contributed by atoms with E-state index in [0.717, 1.165) is 16.3 Å². The van der Waals surface area contributed by atoms with Crippen LogP contribution in [-0.2, 0) is 18.8 Å². The quantitative estimate of drug-likeness (QED) is 0.285. The molecular formula is C24H21FN4O2S. The molecule has 4 rings (SSSR count). The van der Waals surface area contributed by atoms with E-state index in [2.05, 4.69) is 22.1 Å². The van der Waals surface area contributed by atoms with Gasteiger partial charge in [0.25, 0.3) is 5.91 Å². The van der Waals surface area contributed by atoms with Crippen LogP contribution in [0, 0.1) is 5.82 Å². The summed E-state index contributed by atoms with van der Waals surface area (Å²) < 4.78 is 20.4. The zero-order chi connectivity index (χ0) is 22.3. The third kappa shape index (κ3) is 5.15. The van der Waals surface area contributed by atoms with E-state index in [1.54, 1.807) is 48.4 Å². The molecule has 0 aliphatic rings. The number of carbonyl (C=O) groups is 1. The minimum Gasteiger partial charge on any atom is -0.461 e. The topological polar surface area (TPSA) is 73.0 Å². The minimum atomic E-state index is -0.298. The van der Waals surface area contributed by atoms with E-state index in [0.29, 0.717) is 36.0 Å².